The molecule has 2 aromatic rings. The summed E-state index contributed by atoms with van der Waals surface area (Å²) in [6.07, 6.45) is 0.714. The lowest BCUT2D eigenvalue weighted by Gasteiger charge is -1.94. The lowest BCUT2D eigenvalue weighted by atomic mass is 10.5. The molecule has 0 N–H and O–H groups in total. The number of fused-ring (bicyclic) bond motifs is 1. The SMILES string of the molecule is CCc1nnc2c(n1)n(C)c(=O)n2C. The summed E-state index contributed by atoms with van der Waals surface area (Å²) in [6, 6.07) is 0. The normalized spacial score (nSPS) is 11.1. The third kappa shape index (κ3) is 1.03. The Morgan fingerprint density at radius 2 is 1.79 bits per heavy atom. The van der Waals surface area contributed by atoms with Crippen molar-refractivity contribution in [3.63, 3.8) is 0 Å². The fourth-order valence-electron chi connectivity index (χ4n) is 1.34. The molecule has 0 radical (unpaired) electrons. The Morgan fingerprint density at radius 1 is 1.14 bits per heavy atom. The van der Waals surface area contributed by atoms with Gasteiger partial charge in [0.2, 0.25) is 5.65 Å². The van der Waals surface area contributed by atoms with Crippen molar-refractivity contribution in [1.29, 1.82) is 0 Å². The van der Waals surface area contributed by atoms with E-state index in [1.54, 1.807) is 14.1 Å². The summed E-state index contributed by atoms with van der Waals surface area (Å²) < 4.78 is 2.91. The smallest absolute Gasteiger partial charge is 0.278 e. The number of hydrogen-bond acceptors (Lipinski definition) is 4. The molecule has 2 heterocycles. The van der Waals surface area contributed by atoms with Gasteiger partial charge < -0.3 is 0 Å². The van der Waals surface area contributed by atoms with E-state index in [1.807, 2.05) is 6.92 Å². The molecule has 0 saturated heterocycles. The van der Waals surface area contributed by atoms with Gasteiger partial charge in [-0.25, -0.2) is 9.78 Å². The highest BCUT2D eigenvalue weighted by atomic mass is 16.1. The summed E-state index contributed by atoms with van der Waals surface area (Å²) in [5, 5.41) is 7.87. The molecule has 0 bridgehead atoms. The second-order valence-electron chi connectivity index (χ2n) is 3.13. The molecule has 0 aliphatic rings. The molecule has 0 aliphatic carbocycles. The summed E-state index contributed by atoms with van der Waals surface area (Å²) in [4.78, 5) is 15.7. The third-order valence-electron chi connectivity index (χ3n) is 2.22. The van der Waals surface area contributed by atoms with Gasteiger partial charge in [-0.3, -0.25) is 9.13 Å². The number of aryl methyl sites for hydroxylation is 3. The summed E-state index contributed by atoms with van der Waals surface area (Å²) >= 11 is 0. The maximum absolute atomic E-state index is 11.5. The van der Waals surface area contributed by atoms with E-state index in [0.29, 0.717) is 23.5 Å². The Balaban J connectivity index is 2.89. The topological polar surface area (TPSA) is 65.6 Å². The van der Waals surface area contributed by atoms with Gasteiger partial charge in [-0.1, -0.05) is 6.92 Å². The molecule has 6 heteroatoms. The van der Waals surface area contributed by atoms with Gasteiger partial charge in [0.05, 0.1) is 0 Å². The Hall–Kier alpha value is -1.72. The summed E-state index contributed by atoms with van der Waals surface area (Å²) in [5.41, 5.74) is 0.981. The lowest BCUT2D eigenvalue weighted by Crippen LogP contribution is -2.19. The van der Waals surface area contributed by atoms with Crippen molar-refractivity contribution in [1.82, 2.24) is 24.3 Å². The van der Waals surface area contributed by atoms with Gasteiger partial charge in [-0.2, -0.15) is 0 Å². The number of rotatable bonds is 1. The molecule has 0 saturated carbocycles. The van der Waals surface area contributed by atoms with E-state index >= 15 is 0 Å². The summed E-state index contributed by atoms with van der Waals surface area (Å²) in [7, 11) is 3.34. The molecular formula is C8H11N5O. The van der Waals surface area contributed by atoms with Crippen molar-refractivity contribution in [3.05, 3.63) is 16.3 Å². The molecule has 0 aromatic carbocycles. The van der Waals surface area contributed by atoms with Crippen LogP contribution in [0.5, 0.6) is 0 Å². The van der Waals surface area contributed by atoms with Crippen molar-refractivity contribution >= 4 is 11.3 Å². The van der Waals surface area contributed by atoms with Crippen molar-refractivity contribution in [2.75, 3.05) is 0 Å². The first-order chi connectivity index (χ1) is 6.65. The maximum atomic E-state index is 11.5. The minimum absolute atomic E-state index is 0.130. The van der Waals surface area contributed by atoms with Gasteiger partial charge in [0.15, 0.2) is 11.5 Å². The predicted molar refractivity (Wildman–Crippen MR) is 50.9 cm³/mol. The van der Waals surface area contributed by atoms with Crippen molar-refractivity contribution in [2.45, 2.75) is 13.3 Å². The lowest BCUT2D eigenvalue weighted by molar-refractivity contribution is 0.787. The first-order valence-corrected chi connectivity index (χ1v) is 4.40. The van der Waals surface area contributed by atoms with Crippen LogP contribution in [-0.2, 0) is 20.5 Å². The van der Waals surface area contributed by atoms with E-state index in [2.05, 4.69) is 15.2 Å². The summed E-state index contributed by atoms with van der Waals surface area (Å²) in [5.74, 6) is 0.652. The zero-order valence-corrected chi connectivity index (χ0v) is 8.35. The van der Waals surface area contributed by atoms with E-state index < -0.39 is 0 Å². The van der Waals surface area contributed by atoms with Crippen LogP contribution in [0.4, 0.5) is 0 Å². The maximum Gasteiger partial charge on any atom is 0.331 e. The molecule has 2 rings (SSSR count). The molecule has 0 spiro atoms. The largest absolute Gasteiger partial charge is 0.331 e. The first-order valence-electron chi connectivity index (χ1n) is 4.40. The fraction of sp³-hybridized carbons (Fsp3) is 0.500. The number of nitrogens with zero attached hydrogens (tertiary/aromatic N) is 5. The summed E-state index contributed by atoms with van der Waals surface area (Å²) in [6.45, 7) is 1.95. The average Bonchev–Trinajstić information content (AvgIpc) is 2.44. The van der Waals surface area contributed by atoms with Crippen LogP contribution in [0.1, 0.15) is 12.7 Å². The predicted octanol–water partition coefficient (Wildman–Crippen LogP) is -0.376. The molecule has 0 amide bonds. The quantitative estimate of drug-likeness (QED) is 0.619. The van der Waals surface area contributed by atoms with Gasteiger partial charge in [0.1, 0.15) is 0 Å². The number of aromatic nitrogens is 5. The van der Waals surface area contributed by atoms with E-state index in [1.165, 1.54) is 9.13 Å². The molecule has 0 unspecified atom stereocenters. The highest BCUT2D eigenvalue weighted by Gasteiger charge is 2.10. The highest BCUT2D eigenvalue weighted by molar-refractivity contribution is 5.65. The Kier molecular flexibility index (Phi) is 1.83. The van der Waals surface area contributed by atoms with Crippen LogP contribution < -0.4 is 5.69 Å². The van der Waals surface area contributed by atoms with Gasteiger partial charge in [-0.05, 0) is 0 Å². The molecule has 6 nitrogen and oxygen atoms in total. The molecule has 0 atom stereocenters. The van der Waals surface area contributed by atoms with Crippen LogP contribution >= 0.6 is 0 Å². The monoisotopic (exact) mass is 193 g/mol. The molecular weight excluding hydrogens is 182 g/mol. The van der Waals surface area contributed by atoms with E-state index in [0.717, 1.165) is 0 Å². The minimum atomic E-state index is -0.130. The second-order valence-corrected chi connectivity index (χ2v) is 3.13. The fourth-order valence-corrected chi connectivity index (χ4v) is 1.34. The average molecular weight is 193 g/mol. The van der Waals surface area contributed by atoms with E-state index in [-0.39, 0.29) is 5.69 Å². The van der Waals surface area contributed by atoms with Crippen LogP contribution in [0.15, 0.2) is 4.79 Å². The standard InChI is InChI=1S/C8H11N5O/c1-4-5-9-6-7(11-10-5)13(3)8(14)12(6)2/h4H2,1-3H3. The second kappa shape index (κ2) is 2.90. The van der Waals surface area contributed by atoms with Gasteiger partial charge >= 0.3 is 5.69 Å². The van der Waals surface area contributed by atoms with Gasteiger partial charge in [0.25, 0.3) is 0 Å². The van der Waals surface area contributed by atoms with Crippen molar-refractivity contribution < 1.29 is 0 Å². The Morgan fingerprint density at radius 3 is 2.43 bits per heavy atom. The van der Waals surface area contributed by atoms with Crippen molar-refractivity contribution in [3.8, 4) is 0 Å². The number of imidazole rings is 1. The van der Waals surface area contributed by atoms with E-state index in [9.17, 15) is 4.79 Å². The van der Waals surface area contributed by atoms with Crippen LogP contribution in [0.3, 0.4) is 0 Å². The van der Waals surface area contributed by atoms with Crippen molar-refractivity contribution in [2.24, 2.45) is 14.1 Å². The van der Waals surface area contributed by atoms with Crippen LogP contribution in [-0.4, -0.2) is 24.3 Å². The van der Waals surface area contributed by atoms with Crippen LogP contribution in [0.25, 0.3) is 11.3 Å². The van der Waals surface area contributed by atoms with Gasteiger partial charge in [-0.15, -0.1) is 10.2 Å². The minimum Gasteiger partial charge on any atom is -0.278 e. The number of hydrogen-bond donors (Lipinski definition) is 0. The Bertz CT molecular complexity index is 538. The van der Waals surface area contributed by atoms with Crippen LogP contribution in [0, 0.1) is 0 Å². The zero-order chi connectivity index (χ0) is 10.3. The zero-order valence-electron chi connectivity index (χ0n) is 8.35. The molecule has 14 heavy (non-hydrogen) atoms. The van der Waals surface area contributed by atoms with Crippen LogP contribution in [0.2, 0.25) is 0 Å². The third-order valence-corrected chi connectivity index (χ3v) is 2.22. The van der Waals surface area contributed by atoms with Gasteiger partial charge in [0, 0.05) is 20.5 Å². The molecule has 0 fully saturated rings. The molecule has 2 aromatic heterocycles. The first kappa shape index (κ1) is 8.86. The molecule has 0 aliphatic heterocycles. The van der Waals surface area contributed by atoms with E-state index in [4.69, 9.17) is 0 Å². The highest BCUT2D eigenvalue weighted by Crippen LogP contribution is 2.03. The Labute approximate surface area is 80.2 Å². The molecule has 74 valence electrons.